The van der Waals surface area contributed by atoms with Crippen molar-refractivity contribution in [1.29, 1.82) is 0 Å². The van der Waals surface area contributed by atoms with Crippen LogP contribution in [-0.4, -0.2) is 19.2 Å². The molecule has 0 aliphatic rings. The lowest BCUT2D eigenvalue weighted by Crippen LogP contribution is -2.04. The van der Waals surface area contributed by atoms with Crippen molar-refractivity contribution in [2.45, 2.75) is 12.7 Å². The van der Waals surface area contributed by atoms with E-state index >= 15 is 0 Å². The molecule has 1 aromatic carbocycles. The fourth-order valence-corrected chi connectivity index (χ4v) is 2.72. The molecule has 0 fully saturated rings. The Morgan fingerprint density at radius 2 is 2.11 bits per heavy atom. The first kappa shape index (κ1) is 13.5. The van der Waals surface area contributed by atoms with Gasteiger partial charge in [0, 0.05) is 31.0 Å². The Bertz CT molecular complexity index is 511. The highest BCUT2D eigenvalue weighted by Gasteiger charge is 2.13. The number of rotatable bonds is 5. The number of nitrogens with zero attached hydrogens (tertiary/aromatic N) is 1. The summed E-state index contributed by atoms with van der Waals surface area (Å²) in [6.07, 6.45) is 0.375. The molecule has 0 aliphatic heterocycles. The molecule has 5 heteroatoms. The molecule has 0 saturated heterocycles. The maximum atomic E-state index is 5.95. The van der Waals surface area contributed by atoms with Crippen LogP contribution in [0.2, 0.25) is 5.02 Å². The van der Waals surface area contributed by atoms with Crippen molar-refractivity contribution in [3.05, 3.63) is 50.9 Å². The van der Waals surface area contributed by atoms with Crippen LogP contribution in [0.1, 0.15) is 22.6 Å². The van der Waals surface area contributed by atoms with Gasteiger partial charge in [-0.15, -0.1) is 11.3 Å². The first-order valence-electron chi connectivity index (χ1n) is 5.47. The van der Waals surface area contributed by atoms with Gasteiger partial charge in [0.2, 0.25) is 6.29 Å². The van der Waals surface area contributed by atoms with Crippen LogP contribution in [0.25, 0.3) is 0 Å². The third-order valence-corrected chi connectivity index (χ3v) is 3.59. The Morgan fingerprint density at radius 3 is 2.78 bits per heavy atom. The topological polar surface area (TPSA) is 31.4 Å². The fraction of sp³-hybridized carbons (Fsp3) is 0.308. The van der Waals surface area contributed by atoms with Crippen LogP contribution in [0.5, 0.6) is 0 Å². The number of ether oxygens (including phenoxy) is 2. The van der Waals surface area contributed by atoms with Crippen LogP contribution in [0, 0.1) is 0 Å². The number of benzene rings is 1. The van der Waals surface area contributed by atoms with Gasteiger partial charge in [-0.1, -0.05) is 23.7 Å². The first-order valence-corrected chi connectivity index (χ1v) is 6.73. The third-order valence-electron chi connectivity index (χ3n) is 2.48. The number of halogens is 1. The van der Waals surface area contributed by atoms with Crippen molar-refractivity contribution in [3.63, 3.8) is 0 Å². The molecule has 0 unspecified atom stereocenters. The van der Waals surface area contributed by atoms with Crippen LogP contribution in [0.4, 0.5) is 0 Å². The van der Waals surface area contributed by atoms with Gasteiger partial charge in [-0.05, 0) is 17.7 Å². The molecule has 1 heterocycles. The summed E-state index contributed by atoms with van der Waals surface area (Å²) >= 11 is 7.55. The molecule has 0 radical (unpaired) electrons. The van der Waals surface area contributed by atoms with Crippen molar-refractivity contribution in [2.75, 3.05) is 14.2 Å². The molecule has 0 saturated carbocycles. The average molecular weight is 284 g/mol. The van der Waals surface area contributed by atoms with E-state index in [1.807, 2.05) is 29.6 Å². The number of hydrogen-bond donors (Lipinski definition) is 0. The lowest BCUT2D eigenvalue weighted by molar-refractivity contribution is -0.108. The van der Waals surface area contributed by atoms with Crippen molar-refractivity contribution in [2.24, 2.45) is 0 Å². The van der Waals surface area contributed by atoms with E-state index in [0.717, 1.165) is 27.7 Å². The minimum absolute atomic E-state index is 0.394. The number of aromatic nitrogens is 1. The number of thiazole rings is 1. The maximum Gasteiger partial charge on any atom is 0.201 e. The highest BCUT2D eigenvalue weighted by atomic mass is 35.5. The Morgan fingerprint density at radius 1 is 1.33 bits per heavy atom. The van der Waals surface area contributed by atoms with Gasteiger partial charge in [0.15, 0.2) is 0 Å². The number of methoxy groups -OCH3 is 2. The van der Waals surface area contributed by atoms with Gasteiger partial charge in [-0.3, -0.25) is 0 Å². The minimum Gasteiger partial charge on any atom is -0.350 e. The van der Waals surface area contributed by atoms with Crippen molar-refractivity contribution in [3.8, 4) is 0 Å². The molecule has 96 valence electrons. The monoisotopic (exact) mass is 283 g/mol. The van der Waals surface area contributed by atoms with Gasteiger partial charge < -0.3 is 9.47 Å². The molecule has 2 rings (SSSR count). The molecule has 18 heavy (non-hydrogen) atoms. The second-order valence-corrected chi connectivity index (χ2v) is 5.16. The molecular formula is C13H14ClNO2S. The fourth-order valence-electron chi connectivity index (χ4n) is 1.67. The largest absolute Gasteiger partial charge is 0.350 e. The predicted octanol–water partition coefficient (Wildman–Crippen LogP) is 3.68. The summed E-state index contributed by atoms with van der Waals surface area (Å²) < 4.78 is 10.3. The molecule has 0 amide bonds. The van der Waals surface area contributed by atoms with Crippen LogP contribution >= 0.6 is 22.9 Å². The lowest BCUT2D eigenvalue weighted by Gasteiger charge is -2.09. The zero-order chi connectivity index (χ0) is 13.0. The lowest BCUT2D eigenvalue weighted by atomic mass is 10.2. The molecule has 0 bridgehead atoms. The van der Waals surface area contributed by atoms with Gasteiger partial charge in [-0.25, -0.2) is 4.98 Å². The van der Waals surface area contributed by atoms with Crippen LogP contribution < -0.4 is 0 Å². The van der Waals surface area contributed by atoms with Gasteiger partial charge in [0.25, 0.3) is 0 Å². The number of hydrogen-bond acceptors (Lipinski definition) is 4. The smallest absolute Gasteiger partial charge is 0.201 e. The second-order valence-electron chi connectivity index (χ2n) is 3.78. The molecule has 0 atom stereocenters. The maximum absolute atomic E-state index is 5.95. The van der Waals surface area contributed by atoms with Gasteiger partial charge in [-0.2, -0.15) is 0 Å². The van der Waals surface area contributed by atoms with Crippen LogP contribution in [-0.2, 0) is 15.9 Å². The van der Waals surface area contributed by atoms with E-state index < -0.39 is 6.29 Å². The molecule has 3 nitrogen and oxygen atoms in total. The summed E-state index contributed by atoms with van der Waals surface area (Å²) in [5.41, 5.74) is 1.96. The molecule has 0 N–H and O–H groups in total. The van der Waals surface area contributed by atoms with E-state index in [4.69, 9.17) is 21.1 Å². The van der Waals surface area contributed by atoms with Crippen molar-refractivity contribution in [1.82, 2.24) is 4.98 Å². The van der Waals surface area contributed by atoms with E-state index in [-0.39, 0.29) is 0 Å². The summed E-state index contributed by atoms with van der Waals surface area (Å²) in [6, 6.07) is 7.80. The van der Waals surface area contributed by atoms with Crippen molar-refractivity contribution >= 4 is 22.9 Å². The minimum atomic E-state index is -0.394. The Balaban J connectivity index is 2.11. The summed E-state index contributed by atoms with van der Waals surface area (Å²) in [6.45, 7) is 0. The molecule has 2 aromatic rings. The van der Waals surface area contributed by atoms with Gasteiger partial charge in [0.1, 0.15) is 5.69 Å². The van der Waals surface area contributed by atoms with Crippen LogP contribution in [0.15, 0.2) is 29.6 Å². The quantitative estimate of drug-likeness (QED) is 0.785. The molecule has 1 aromatic heterocycles. The summed E-state index contributed by atoms with van der Waals surface area (Å²) in [7, 11) is 3.20. The molecular weight excluding hydrogens is 270 g/mol. The second kappa shape index (κ2) is 6.29. The zero-order valence-electron chi connectivity index (χ0n) is 10.2. The zero-order valence-corrected chi connectivity index (χ0v) is 11.8. The highest BCUT2D eigenvalue weighted by molar-refractivity contribution is 7.09. The van der Waals surface area contributed by atoms with Gasteiger partial charge >= 0.3 is 0 Å². The van der Waals surface area contributed by atoms with Gasteiger partial charge in [0.05, 0.1) is 5.01 Å². The normalized spacial score (nSPS) is 11.1. The summed E-state index contributed by atoms with van der Waals surface area (Å²) in [5.74, 6) is 0. The van der Waals surface area contributed by atoms with E-state index in [2.05, 4.69) is 4.98 Å². The standard InChI is InChI=1S/C13H14ClNO2S/c1-16-13(17-2)11-8-18-12(15-11)7-9-4-3-5-10(14)6-9/h3-6,8,13H,7H2,1-2H3. The SMILES string of the molecule is COC(OC)c1csc(Cc2cccc(Cl)c2)n1. The predicted molar refractivity (Wildman–Crippen MR) is 73.1 cm³/mol. The third kappa shape index (κ3) is 3.29. The Kier molecular flexibility index (Phi) is 4.72. The van der Waals surface area contributed by atoms with E-state index in [1.165, 1.54) is 0 Å². The summed E-state index contributed by atoms with van der Waals surface area (Å²) in [5, 5.41) is 3.72. The van der Waals surface area contributed by atoms with Crippen molar-refractivity contribution < 1.29 is 9.47 Å². The van der Waals surface area contributed by atoms with E-state index in [9.17, 15) is 0 Å². The van der Waals surface area contributed by atoms with Crippen LogP contribution in [0.3, 0.4) is 0 Å². The first-order chi connectivity index (χ1) is 8.72. The Hall–Kier alpha value is -0.940. The van der Waals surface area contributed by atoms with E-state index in [0.29, 0.717) is 0 Å². The van der Waals surface area contributed by atoms with E-state index in [1.54, 1.807) is 25.6 Å². The molecule has 0 spiro atoms. The summed E-state index contributed by atoms with van der Waals surface area (Å²) in [4.78, 5) is 4.50. The Labute approximate surface area is 115 Å². The highest BCUT2D eigenvalue weighted by Crippen LogP contribution is 2.22. The average Bonchev–Trinajstić information content (AvgIpc) is 2.79. The molecule has 0 aliphatic carbocycles.